The number of sulfonamides is 1. The highest BCUT2D eigenvalue weighted by Crippen LogP contribution is 2.20. The smallest absolute Gasteiger partial charge is 0.257 e. The monoisotopic (exact) mass is 402 g/mol. The quantitative estimate of drug-likeness (QED) is 0.563. The van der Waals surface area contributed by atoms with Gasteiger partial charge < -0.3 is 9.30 Å². The Bertz CT molecular complexity index is 1080. The molecule has 0 spiro atoms. The summed E-state index contributed by atoms with van der Waals surface area (Å²) in [5, 5.41) is 2.80. The lowest BCUT2D eigenvalue weighted by atomic mass is 10.2. The number of anilines is 1. The SMILES string of the molecule is CCn1c(NC(=O)c2ccc(S(=O)(=O)NCCOC)cc2)nc2ccccc21. The molecule has 3 aromatic rings. The average molecular weight is 402 g/mol. The number of carbonyl (C=O) groups is 1. The van der Waals surface area contributed by atoms with Crippen molar-refractivity contribution >= 4 is 32.9 Å². The lowest BCUT2D eigenvalue weighted by Gasteiger charge is -2.09. The number of benzene rings is 2. The molecule has 8 nitrogen and oxygen atoms in total. The first kappa shape index (κ1) is 20.0. The van der Waals surface area contributed by atoms with Crippen molar-refractivity contribution in [2.45, 2.75) is 18.4 Å². The molecule has 148 valence electrons. The van der Waals surface area contributed by atoms with Crippen LogP contribution in [0.5, 0.6) is 0 Å². The molecule has 0 aliphatic heterocycles. The number of aryl methyl sites for hydroxylation is 1. The maximum atomic E-state index is 12.6. The molecule has 28 heavy (non-hydrogen) atoms. The van der Waals surface area contributed by atoms with Crippen LogP contribution in [0.1, 0.15) is 17.3 Å². The number of para-hydroxylation sites is 2. The Kier molecular flexibility index (Phi) is 6.08. The molecule has 0 saturated carbocycles. The Morgan fingerprint density at radius 2 is 1.86 bits per heavy atom. The van der Waals surface area contributed by atoms with Gasteiger partial charge >= 0.3 is 0 Å². The molecule has 0 atom stereocenters. The van der Waals surface area contributed by atoms with E-state index in [1.165, 1.54) is 31.4 Å². The van der Waals surface area contributed by atoms with E-state index in [2.05, 4.69) is 15.0 Å². The molecule has 0 saturated heterocycles. The standard InChI is InChI=1S/C19H22N4O4S/c1-3-23-17-7-5-4-6-16(17)21-19(23)22-18(24)14-8-10-15(11-9-14)28(25,26)20-12-13-27-2/h4-11,20H,3,12-13H2,1-2H3,(H,21,22,24). The Morgan fingerprint density at radius 3 is 2.54 bits per heavy atom. The second kappa shape index (κ2) is 8.51. The zero-order valence-electron chi connectivity index (χ0n) is 15.7. The van der Waals surface area contributed by atoms with Crippen LogP contribution in [-0.4, -0.2) is 44.1 Å². The van der Waals surface area contributed by atoms with Crippen molar-refractivity contribution in [3.8, 4) is 0 Å². The molecule has 0 fully saturated rings. The molecule has 2 aromatic carbocycles. The summed E-state index contributed by atoms with van der Waals surface area (Å²) in [4.78, 5) is 17.1. The van der Waals surface area contributed by atoms with E-state index >= 15 is 0 Å². The molecule has 0 aliphatic rings. The second-order valence-electron chi connectivity index (χ2n) is 6.04. The highest BCUT2D eigenvalue weighted by atomic mass is 32.2. The van der Waals surface area contributed by atoms with Gasteiger partial charge in [0, 0.05) is 25.8 Å². The van der Waals surface area contributed by atoms with Gasteiger partial charge in [-0.15, -0.1) is 0 Å². The van der Waals surface area contributed by atoms with Gasteiger partial charge in [0.05, 0.1) is 22.5 Å². The van der Waals surface area contributed by atoms with Gasteiger partial charge in [0.1, 0.15) is 0 Å². The molecule has 0 unspecified atom stereocenters. The fourth-order valence-electron chi connectivity index (χ4n) is 2.81. The molecule has 9 heteroatoms. The van der Waals surface area contributed by atoms with Gasteiger partial charge in [-0.2, -0.15) is 0 Å². The third-order valence-electron chi connectivity index (χ3n) is 4.22. The van der Waals surface area contributed by atoms with Crippen LogP contribution in [0.3, 0.4) is 0 Å². The van der Waals surface area contributed by atoms with E-state index < -0.39 is 10.0 Å². The largest absolute Gasteiger partial charge is 0.383 e. The lowest BCUT2D eigenvalue weighted by molar-refractivity contribution is 0.102. The lowest BCUT2D eigenvalue weighted by Crippen LogP contribution is -2.27. The van der Waals surface area contributed by atoms with E-state index in [1.807, 2.05) is 35.8 Å². The number of rotatable bonds is 8. The fourth-order valence-corrected chi connectivity index (χ4v) is 3.82. The first-order valence-electron chi connectivity index (χ1n) is 8.81. The number of carbonyl (C=O) groups excluding carboxylic acids is 1. The summed E-state index contributed by atoms with van der Waals surface area (Å²) in [7, 11) is -2.15. The third-order valence-corrected chi connectivity index (χ3v) is 5.70. The van der Waals surface area contributed by atoms with Gasteiger partial charge in [-0.25, -0.2) is 18.1 Å². The first-order valence-corrected chi connectivity index (χ1v) is 10.3. The second-order valence-corrected chi connectivity index (χ2v) is 7.80. The molecule has 1 aromatic heterocycles. The summed E-state index contributed by atoms with van der Waals surface area (Å²) in [6.45, 7) is 3.08. The van der Waals surface area contributed by atoms with Gasteiger partial charge in [0.15, 0.2) is 0 Å². The molecule has 1 amide bonds. The summed E-state index contributed by atoms with van der Waals surface area (Å²) in [5.74, 6) is 0.0907. The van der Waals surface area contributed by atoms with Gasteiger partial charge in [-0.3, -0.25) is 10.1 Å². The number of methoxy groups -OCH3 is 1. The molecule has 2 N–H and O–H groups in total. The summed E-state index contributed by atoms with van der Waals surface area (Å²) >= 11 is 0. The van der Waals surface area contributed by atoms with Crippen LogP contribution in [-0.2, 0) is 21.3 Å². The van der Waals surface area contributed by atoms with Gasteiger partial charge in [0.25, 0.3) is 5.91 Å². The van der Waals surface area contributed by atoms with Gasteiger partial charge in [-0.05, 0) is 43.3 Å². The highest BCUT2D eigenvalue weighted by molar-refractivity contribution is 7.89. The first-order chi connectivity index (χ1) is 13.5. The molecule has 0 bridgehead atoms. The molecule has 1 heterocycles. The predicted molar refractivity (Wildman–Crippen MR) is 107 cm³/mol. The van der Waals surface area contributed by atoms with Crippen molar-refractivity contribution in [1.29, 1.82) is 0 Å². The topological polar surface area (TPSA) is 102 Å². The number of nitrogens with one attached hydrogen (secondary N) is 2. The van der Waals surface area contributed by atoms with Crippen LogP contribution in [0.2, 0.25) is 0 Å². The summed E-state index contributed by atoms with van der Waals surface area (Å²) in [6, 6.07) is 13.4. The fraction of sp³-hybridized carbons (Fsp3) is 0.263. The van der Waals surface area contributed by atoms with Crippen LogP contribution >= 0.6 is 0 Å². The minimum atomic E-state index is -3.64. The number of hydrogen-bond acceptors (Lipinski definition) is 5. The van der Waals surface area contributed by atoms with E-state index in [0.29, 0.717) is 18.1 Å². The number of imidazole rings is 1. The number of aromatic nitrogens is 2. The number of amides is 1. The maximum absolute atomic E-state index is 12.6. The van der Waals surface area contributed by atoms with E-state index in [1.54, 1.807) is 0 Å². The summed E-state index contributed by atoms with van der Waals surface area (Å²) < 4.78 is 33.5. The molecule has 0 aliphatic carbocycles. The zero-order valence-corrected chi connectivity index (χ0v) is 16.5. The predicted octanol–water partition coefficient (Wildman–Crippen LogP) is 2.23. The van der Waals surface area contributed by atoms with Gasteiger partial charge in [-0.1, -0.05) is 12.1 Å². The zero-order chi connectivity index (χ0) is 20.1. The Labute approximate surface area is 163 Å². The Hall–Kier alpha value is -2.75. The van der Waals surface area contributed by atoms with Crippen molar-refractivity contribution in [2.24, 2.45) is 0 Å². The third kappa shape index (κ3) is 4.22. The minimum absolute atomic E-state index is 0.0842. The van der Waals surface area contributed by atoms with Crippen molar-refractivity contribution in [3.05, 3.63) is 54.1 Å². The Morgan fingerprint density at radius 1 is 1.14 bits per heavy atom. The van der Waals surface area contributed by atoms with Crippen LogP contribution in [0.4, 0.5) is 5.95 Å². The van der Waals surface area contributed by atoms with Crippen molar-refractivity contribution < 1.29 is 17.9 Å². The van der Waals surface area contributed by atoms with Crippen LogP contribution < -0.4 is 10.0 Å². The molecule has 0 radical (unpaired) electrons. The highest BCUT2D eigenvalue weighted by Gasteiger charge is 2.16. The molecular formula is C19H22N4O4S. The van der Waals surface area contributed by atoms with Crippen molar-refractivity contribution in [1.82, 2.24) is 14.3 Å². The Balaban J connectivity index is 1.77. The van der Waals surface area contributed by atoms with Crippen LogP contribution in [0, 0.1) is 0 Å². The van der Waals surface area contributed by atoms with Gasteiger partial charge in [0.2, 0.25) is 16.0 Å². The van der Waals surface area contributed by atoms with Crippen LogP contribution in [0.15, 0.2) is 53.4 Å². The van der Waals surface area contributed by atoms with E-state index in [4.69, 9.17) is 4.74 Å². The summed E-state index contributed by atoms with van der Waals surface area (Å²) in [6.07, 6.45) is 0. The van der Waals surface area contributed by atoms with Crippen molar-refractivity contribution in [3.63, 3.8) is 0 Å². The number of fused-ring (bicyclic) bond motifs is 1. The van der Waals surface area contributed by atoms with Crippen molar-refractivity contribution in [2.75, 3.05) is 25.6 Å². The molecular weight excluding hydrogens is 380 g/mol. The number of hydrogen-bond donors (Lipinski definition) is 2. The summed E-state index contributed by atoms with van der Waals surface area (Å²) in [5.41, 5.74) is 2.07. The number of nitrogens with zero attached hydrogens (tertiary/aromatic N) is 2. The maximum Gasteiger partial charge on any atom is 0.257 e. The van der Waals surface area contributed by atoms with E-state index in [-0.39, 0.29) is 24.0 Å². The average Bonchev–Trinajstić information content (AvgIpc) is 3.05. The molecule has 3 rings (SSSR count). The number of ether oxygens (including phenoxy) is 1. The van der Waals surface area contributed by atoms with E-state index in [9.17, 15) is 13.2 Å². The van der Waals surface area contributed by atoms with E-state index in [0.717, 1.165) is 11.0 Å². The minimum Gasteiger partial charge on any atom is -0.383 e. The van der Waals surface area contributed by atoms with Crippen LogP contribution in [0.25, 0.3) is 11.0 Å². The normalized spacial score (nSPS) is 11.6.